The maximum atomic E-state index is 14.3. The summed E-state index contributed by atoms with van der Waals surface area (Å²) in [6.07, 6.45) is 0. The highest BCUT2D eigenvalue weighted by atomic mass is 19.2. The first-order valence-corrected chi connectivity index (χ1v) is 7.77. The van der Waals surface area contributed by atoms with E-state index in [1.165, 1.54) is 13.8 Å². The van der Waals surface area contributed by atoms with E-state index in [9.17, 15) is 43.9 Å². The molecule has 0 aromatic heterocycles. The average Bonchev–Trinajstić information content (AvgIpc) is 2.68. The Morgan fingerprint density at radius 3 is 0.893 bits per heavy atom. The first kappa shape index (κ1) is 22.0. The molecule has 0 spiro atoms. The van der Waals surface area contributed by atoms with Gasteiger partial charge < -0.3 is 0 Å². The van der Waals surface area contributed by atoms with Crippen LogP contribution in [0.2, 0.25) is 0 Å². The molecule has 11 heteroatoms. The smallest absolute Gasteiger partial charge is 0.200 e. The van der Waals surface area contributed by atoms with Crippen LogP contribution in [0.15, 0.2) is 0 Å². The van der Waals surface area contributed by atoms with Gasteiger partial charge in [-0.2, -0.15) is 0 Å². The number of benzene rings is 2. The maximum Gasteiger partial charge on any atom is 0.200 e. The van der Waals surface area contributed by atoms with E-state index in [1.807, 2.05) is 0 Å². The third-order valence-corrected chi connectivity index (χ3v) is 4.21. The molecule has 2 aromatic carbocycles. The lowest BCUT2D eigenvalue weighted by atomic mass is 9.93. The molecule has 2 rings (SSSR count). The molecular weight excluding hydrogens is 408 g/mol. The summed E-state index contributed by atoms with van der Waals surface area (Å²) in [5.74, 6) is -24.5. The van der Waals surface area contributed by atoms with Gasteiger partial charge in [-0.25, -0.2) is 43.9 Å². The predicted octanol–water partition coefficient (Wildman–Crippen LogP) is 5.51. The molecule has 28 heavy (non-hydrogen) atoms. The van der Waals surface area contributed by atoms with E-state index in [-0.39, 0.29) is 13.1 Å². The van der Waals surface area contributed by atoms with Crippen molar-refractivity contribution in [3.8, 4) is 0 Å². The lowest BCUT2D eigenvalue weighted by Crippen LogP contribution is -2.33. The summed E-state index contributed by atoms with van der Waals surface area (Å²) in [5, 5.41) is 0. The Bertz CT molecular complexity index is 796. The molecule has 0 unspecified atom stereocenters. The van der Waals surface area contributed by atoms with Crippen molar-refractivity contribution in [2.75, 3.05) is 13.1 Å². The summed E-state index contributed by atoms with van der Waals surface area (Å²) in [4.78, 5) is 0.774. The van der Waals surface area contributed by atoms with Gasteiger partial charge in [-0.15, -0.1) is 0 Å². The van der Waals surface area contributed by atoms with Crippen LogP contribution in [0.25, 0.3) is 0 Å². The molecule has 0 fully saturated rings. The fourth-order valence-corrected chi connectivity index (χ4v) is 2.82. The number of halogens is 10. The van der Waals surface area contributed by atoms with Gasteiger partial charge >= 0.3 is 0 Å². The summed E-state index contributed by atoms with van der Waals surface area (Å²) in [5.41, 5.74) is -3.47. The molecule has 154 valence electrons. The van der Waals surface area contributed by atoms with Gasteiger partial charge in [0.25, 0.3) is 0 Å². The second-order valence-corrected chi connectivity index (χ2v) is 5.59. The van der Waals surface area contributed by atoms with E-state index in [4.69, 9.17) is 0 Å². The third kappa shape index (κ3) is 3.21. The van der Waals surface area contributed by atoms with Crippen molar-refractivity contribution in [1.29, 1.82) is 0 Å². The lowest BCUT2D eigenvalue weighted by molar-refractivity contribution is 0.220. The normalized spacial score (nSPS) is 11.8. The molecule has 1 nitrogen and oxygen atoms in total. The molecule has 0 saturated carbocycles. The van der Waals surface area contributed by atoms with Gasteiger partial charge in [-0.3, -0.25) is 4.90 Å². The summed E-state index contributed by atoms with van der Waals surface area (Å²) in [7, 11) is 0. The van der Waals surface area contributed by atoms with Gasteiger partial charge in [-0.05, 0) is 13.1 Å². The molecule has 0 N–H and O–H groups in total. The number of rotatable bonds is 5. The van der Waals surface area contributed by atoms with E-state index >= 15 is 0 Å². The predicted molar refractivity (Wildman–Crippen MR) is 77.2 cm³/mol. The van der Waals surface area contributed by atoms with Crippen LogP contribution in [0, 0.1) is 58.2 Å². The minimum Gasteiger partial charge on any atom is -0.293 e. The van der Waals surface area contributed by atoms with Gasteiger partial charge in [0.05, 0.1) is 17.2 Å². The monoisotopic (exact) mass is 419 g/mol. The topological polar surface area (TPSA) is 3.24 Å². The second kappa shape index (κ2) is 7.98. The quantitative estimate of drug-likeness (QED) is 0.351. The molecule has 0 saturated heterocycles. The van der Waals surface area contributed by atoms with Crippen molar-refractivity contribution in [2.45, 2.75) is 19.9 Å². The fraction of sp³-hybridized carbons (Fsp3) is 0.294. The first-order valence-electron chi connectivity index (χ1n) is 7.77. The molecule has 0 aliphatic heterocycles. The van der Waals surface area contributed by atoms with Crippen molar-refractivity contribution < 1.29 is 43.9 Å². The Hall–Kier alpha value is -2.30. The largest absolute Gasteiger partial charge is 0.293 e. The van der Waals surface area contributed by atoms with Gasteiger partial charge in [0.2, 0.25) is 11.6 Å². The summed E-state index contributed by atoms with van der Waals surface area (Å²) in [6.45, 7) is 1.99. The van der Waals surface area contributed by atoms with Crippen molar-refractivity contribution in [3.63, 3.8) is 0 Å². The van der Waals surface area contributed by atoms with E-state index in [0.29, 0.717) is 0 Å². The molecule has 0 radical (unpaired) electrons. The van der Waals surface area contributed by atoms with Crippen molar-refractivity contribution in [1.82, 2.24) is 4.90 Å². The first-order chi connectivity index (χ1) is 13.0. The Kier molecular flexibility index (Phi) is 6.27. The minimum atomic E-state index is -2.53. The van der Waals surface area contributed by atoms with Crippen LogP contribution >= 0.6 is 0 Å². The fourth-order valence-electron chi connectivity index (χ4n) is 2.82. The third-order valence-electron chi connectivity index (χ3n) is 4.21. The average molecular weight is 419 g/mol. The van der Waals surface area contributed by atoms with Crippen LogP contribution in [-0.4, -0.2) is 18.0 Å². The second-order valence-electron chi connectivity index (χ2n) is 5.59. The van der Waals surface area contributed by atoms with Crippen molar-refractivity contribution >= 4 is 0 Å². The number of hydrogen-bond donors (Lipinski definition) is 0. The van der Waals surface area contributed by atoms with E-state index in [2.05, 4.69) is 0 Å². The molecule has 2 aromatic rings. The zero-order valence-corrected chi connectivity index (χ0v) is 14.2. The Labute approximate surface area is 152 Å². The molecular formula is C17H11F10N. The highest BCUT2D eigenvalue weighted by Crippen LogP contribution is 2.39. The van der Waals surface area contributed by atoms with Crippen LogP contribution in [0.4, 0.5) is 43.9 Å². The molecule has 0 bridgehead atoms. The molecule has 0 aliphatic rings. The van der Waals surface area contributed by atoms with Crippen LogP contribution in [-0.2, 0) is 0 Å². The Balaban J connectivity index is 3.01. The zero-order chi connectivity index (χ0) is 21.5. The summed E-state index contributed by atoms with van der Waals surface area (Å²) in [6, 6.07) is -2.48. The lowest BCUT2D eigenvalue weighted by Gasteiger charge is -2.31. The van der Waals surface area contributed by atoms with Crippen LogP contribution in [0.5, 0.6) is 0 Å². The Morgan fingerprint density at radius 2 is 0.679 bits per heavy atom. The number of hydrogen-bond acceptors (Lipinski definition) is 1. The zero-order valence-electron chi connectivity index (χ0n) is 14.2. The minimum absolute atomic E-state index is 0.292. The molecule has 0 heterocycles. The summed E-state index contributed by atoms with van der Waals surface area (Å²) >= 11 is 0. The van der Waals surface area contributed by atoms with Crippen LogP contribution in [0.1, 0.15) is 31.0 Å². The van der Waals surface area contributed by atoms with Gasteiger partial charge in [-0.1, -0.05) is 13.8 Å². The number of nitrogens with zero attached hydrogens (tertiary/aromatic N) is 1. The van der Waals surface area contributed by atoms with Gasteiger partial charge in [0.15, 0.2) is 46.5 Å². The van der Waals surface area contributed by atoms with Gasteiger partial charge in [0, 0.05) is 0 Å². The maximum absolute atomic E-state index is 14.3. The van der Waals surface area contributed by atoms with Crippen molar-refractivity contribution in [2.24, 2.45) is 0 Å². The van der Waals surface area contributed by atoms with Crippen LogP contribution in [0.3, 0.4) is 0 Å². The Morgan fingerprint density at radius 1 is 0.464 bits per heavy atom. The summed E-state index contributed by atoms with van der Waals surface area (Å²) < 4.78 is 138. The van der Waals surface area contributed by atoms with E-state index in [0.717, 1.165) is 4.90 Å². The van der Waals surface area contributed by atoms with Crippen molar-refractivity contribution in [3.05, 3.63) is 69.3 Å². The highest BCUT2D eigenvalue weighted by Gasteiger charge is 2.39. The molecule has 0 amide bonds. The SMILES string of the molecule is CCN(CC)C(c1c(F)c(F)c(F)c(F)c1F)c1c(F)c(F)c(F)c(F)c1F. The highest BCUT2D eigenvalue weighted by molar-refractivity contribution is 5.38. The molecule has 0 atom stereocenters. The van der Waals surface area contributed by atoms with Crippen LogP contribution < -0.4 is 0 Å². The van der Waals surface area contributed by atoms with Gasteiger partial charge in [0.1, 0.15) is 0 Å². The van der Waals surface area contributed by atoms with E-state index in [1.54, 1.807) is 0 Å². The standard InChI is InChI=1S/C17H11F10N/c1-3-28(4-2)17(5-7(18)11(22)15(26)12(23)8(5)19)6-9(20)13(24)16(27)14(25)10(6)21/h17H,3-4H2,1-2H3. The van der Waals surface area contributed by atoms with E-state index < -0.39 is 75.3 Å². The molecule has 0 aliphatic carbocycles.